The summed E-state index contributed by atoms with van der Waals surface area (Å²) in [6.07, 6.45) is 4.49. The number of benzene rings is 2. The number of ether oxygens (including phenoxy) is 1. The van der Waals surface area contributed by atoms with Gasteiger partial charge in [0.25, 0.3) is 5.91 Å². The minimum atomic E-state index is -0.0487. The number of rotatable bonds is 8. The van der Waals surface area contributed by atoms with Crippen LogP contribution in [0.4, 0.5) is 0 Å². The Kier molecular flexibility index (Phi) is 6.54. The van der Waals surface area contributed by atoms with Crippen molar-refractivity contribution in [3.8, 4) is 5.75 Å². The average molecular weight is 382 g/mol. The van der Waals surface area contributed by atoms with Crippen molar-refractivity contribution >= 4 is 17.7 Å². The first-order valence-corrected chi connectivity index (χ1v) is 9.74. The van der Waals surface area contributed by atoms with E-state index in [4.69, 9.17) is 4.74 Å². The summed E-state index contributed by atoms with van der Waals surface area (Å²) in [4.78, 5) is 16.7. The minimum Gasteiger partial charge on any atom is -0.497 e. The zero-order chi connectivity index (χ0) is 19.1. The van der Waals surface area contributed by atoms with E-state index in [9.17, 15) is 4.79 Å². The lowest BCUT2D eigenvalue weighted by molar-refractivity contribution is 0.0954. The van der Waals surface area contributed by atoms with E-state index < -0.39 is 0 Å². The molecule has 0 saturated heterocycles. The van der Waals surface area contributed by atoms with Crippen molar-refractivity contribution in [3.05, 3.63) is 77.6 Å². The molecule has 5 nitrogen and oxygen atoms in total. The standard InChI is InChI=1S/C21H23N3O2S/c1-24-13-12-23-21(24)27-15-17-4-3-5-18(14-17)20(25)22-11-10-16-6-8-19(26-2)9-7-16/h3-9,12-14H,10-11,15H2,1-2H3,(H,22,25). The summed E-state index contributed by atoms with van der Waals surface area (Å²) >= 11 is 1.66. The number of hydrogen-bond acceptors (Lipinski definition) is 4. The molecule has 0 saturated carbocycles. The van der Waals surface area contributed by atoms with Crippen LogP contribution in [0, 0.1) is 0 Å². The third-order valence-corrected chi connectivity index (χ3v) is 5.32. The van der Waals surface area contributed by atoms with Gasteiger partial charge >= 0.3 is 0 Å². The van der Waals surface area contributed by atoms with E-state index in [0.29, 0.717) is 12.1 Å². The molecule has 6 heteroatoms. The van der Waals surface area contributed by atoms with Crippen molar-refractivity contribution in [1.29, 1.82) is 0 Å². The van der Waals surface area contributed by atoms with Crippen molar-refractivity contribution in [3.63, 3.8) is 0 Å². The second-order valence-corrected chi connectivity index (χ2v) is 7.11. The van der Waals surface area contributed by atoms with Crippen molar-refractivity contribution < 1.29 is 9.53 Å². The van der Waals surface area contributed by atoms with Gasteiger partial charge in [-0.15, -0.1) is 0 Å². The highest BCUT2D eigenvalue weighted by atomic mass is 32.2. The number of carbonyl (C=O) groups is 1. The van der Waals surface area contributed by atoms with Crippen LogP contribution in [-0.2, 0) is 19.2 Å². The van der Waals surface area contributed by atoms with Gasteiger partial charge in [0.05, 0.1) is 7.11 Å². The molecule has 0 aliphatic carbocycles. The van der Waals surface area contributed by atoms with Gasteiger partial charge in [-0.25, -0.2) is 4.98 Å². The Morgan fingerprint density at radius 3 is 2.70 bits per heavy atom. The molecule has 0 bridgehead atoms. The second-order valence-electron chi connectivity index (χ2n) is 6.16. The molecular formula is C21H23N3O2S. The van der Waals surface area contributed by atoms with Crippen molar-refractivity contribution in [2.24, 2.45) is 7.05 Å². The molecule has 1 amide bonds. The normalized spacial score (nSPS) is 10.6. The number of nitrogens with one attached hydrogen (secondary N) is 1. The topological polar surface area (TPSA) is 56.1 Å². The van der Waals surface area contributed by atoms with E-state index in [1.807, 2.05) is 66.3 Å². The van der Waals surface area contributed by atoms with E-state index in [2.05, 4.69) is 10.3 Å². The third kappa shape index (κ3) is 5.37. The van der Waals surface area contributed by atoms with Gasteiger partial charge in [-0.1, -0.05) is 36.0 Å². The van der Waals surface area contributed by atoms with Crippen molar-refractivity contribution in [1.82, 2.24) is 14.9 Å². The summed E-state index contributed by atoms with van der Waals surface area (Å²) < 4.78 is 7.14. The van der Waals surface area contributed by atoms with E-state index in [-0.39, 0.29) is 5.91 Å². The SMILES string of the molecule is COc1ccc(CCNC(=O)c2cccc(CSc3nccn3C)c2)cc1. The van der Waals surface area contributed by atoms with Crippen LogP contribution in [-0.4, -0.2) is 29.1 Å². The fourth-order valence-electron chi connectivity index (χ4n) is 2.66. The molecule has 140 valence electrons. The van der Waals surface area contributed by atoms with Crippen molar-refractivity contribution in [2.75, 3.05) is 13.7 Å². The molecule has 0 atom stereocenters. The Morgan fingerprint density at radius 1 is 1.19 bits per heavy atom. The Morgan fingerprint density at radius 2 is 2.00 bits per heavy atom. The first-order valence-electron chi connectivity index (χ1n) is 8.76. The van der Waals surface area contributed by atoms with Gasteiger partial charge < -0.3 is 14.6 Å². The summed E-state index contributed by atoms with van der Waals surface area (Å²) in [5.41, 5.74) is 2.95. The Balaban J connectivity index is 1.51. The van der Waals surface area contributed by atoms with Crippen LogP contribution in [0.3, 0.4) is 0 Å². The molecular weight excluding hydrogens is 358 g/mol. The van der Waals surface area contributed by atoms with Gasteiger partial charge in [0.1, 0.15) is 5.75 Å². The number of aromatic nitrogens is 2. The van der Waals surface area contributed by atoms with Crippen LogP contribution >= 0.6 is 11.8 Å². The van der Waals surface area contributed by atoms with Gasteiger partial charge in [0.15, 0.2) is 5.16 Å². The Bertz CT molecular complexity index is 890. The molecule has 3 rings (SSSR count). The monoisotopic (exact) mass is 381 g/mol. The van der Waals surface area contributed by atoms with E-state index in [1.54, 1.807) is 25.1 Å². The summed E-state index contributed by atoms with van der Waals surface area (Å²) in [7, 11) is 3.63. The van der Waals surface area contributed by atoms with Crippen LogP contribution in [0.5, 0.6) is 5.75 Å². The average Bonchev–Trinajstić information content (AvgIpc) is 3.12. The molecule has 0 aliphatic heterocycles. The minimum absolute atomic E-state index is 0.0487. The maximum absolute atomic E-state index is 12.4. The van der Waals surface area contributed by atoms with Crippen molar-refractivity contribution in [2.45, 2.75) is 17.3 Å². The van der Waals surface area contributed by atoms with Crippen LogP contribution in [0.25, 0.3) is 0 Å². The maximum atomic E-state index is 12.4. The fourth-order valence-corrected chi connectivity index (χ4v) is 3.53. The quantitative estimate of drug-likeness (QED) is 0.605. The predicted octanol–water partition coefficient (Wildman–Crippen LogP) is 3.69. The number of thioether (sulfide) groups is 1. The van der Waals surface area contributed by atoms with Crippen LogP contribution in [0.15, 0.2) is 66.1 Å². The highest BCUT2D eigenvalue weighted by Gasteiger charge is 2.07. The number of nitrogens with zero attached hydrogens (tertiary/aromatic N) is 2. The predicted molar refractivity (Wildman–Crippen MR) is 108 cm³/mol. The molecule has 0 spiro atoms. The molecule has 3 aromatic rings. The molecule has 1 aromatic heterocycles. The lowest BCUT2D eigenvalue weighted by Gasteiger charge is -2.08. The van der Waals surface area contributed by atoms with Gasteiger partial charge in [-0.3, -0.25) is 4.79 Å². The molecule has 1 N–H and O–H groups in total. The first kappa shape index (κ1) is 19.0. The molecule has 0 aliphatic rings. The largest absolute Gasteiger partial charge is 0.497 e. The van der Waals surface area contributed by atoms with E-state index in [0.717, 1.165) is 34.2 Å². The van der Waals surface area contributed by atoms with Gasteiger partial charge in [0, 0.05) is 37.3 Å². The number of imidazole rings is 1. The number of hydrogen-bond donors (Lipinski definition) is 1. The first-order chi connectivity index (χ1) is 13.2. The molecule has 0 unspecified atom stereocenters. The second kappa shape index (κ2) is 9.28. The van der Waals surface area contributed by atoms with Gasteiger partial charge in [-0.05, 0) is 41.8 Å². The molecule has 27 heavy (non-hydrogen) atoms. The van der Waals surface area contributed by atoms with Crippen LogP contribution < -0.4 is 10.1 Å². The molecule has 0 fully saturated rings. The summed E-state index contributed by atoms with van der Waals surface area (Å²) in [5.74, 6) is 1.56. The van der Waals surface area contributed by atoms with Gasteiger partial charge in [0.2, 0.25) is 0 Å². The zero-order valence-corrected chi connectivity index (χ0v) is 16.3. The zero-order valence-electron chi connectivity index (χ0n) is 15.5. The summed E-state index contributed by atoms with van der Waals surface area (Å²) in [6, 6.07) is 15.6. The number of aryl methyl sites for hydroxylation is 1. The maximum Gasteiger partial charge on any atom is 0.251 e. The fraction of sp³-hybridized carbons (Fsp3) is 0.238. The van der Waals surface area contributed by atoms with Gasteiger partial charge in [-0.2, -0.15) is 0 Å². The highest BCUT2D eigenvalue weighted by Crippen LogP contribution is 2.21. The number of amides is 1. The van der Waals surface area contributed by atoms with Crippen LogP contribution in [0.1, 0.15) is 21.5 Å². The summed E-state index contributed by atoms with van der Waals surface area (Å²) in [5, 5.41) is 3.95. The third-order valence-electron chi connectivity index (χ3n) is 4.19. The smallest absolute Gasteiger partial charge is 0.251 e. The highest BCUT2D eigenvalue weighted by molar-refractivity contribution is 7.98. The number of carbonyl (C=O) groups excluding carboxylic acids is 1. The molecule has 2 aromatic carbocycles. The van der Waals surface area contributed by atoms with Crippen LogP contribution in [0.2, 0.25) is 0 Å². The Labute approximate surface area is 163 Å². The lowest BCUT2D eigenvalue weighted by Crippen LogP contribution is -2.25. The van der Waals surface area contributed by atoms with E-state index in [1.165, 1.54) is 0 Å². The summed E-state index contributed by atoms with van der Waals surface area (Å²) in [6.45, 7) is 0.595. The molecule has 0 radical (unpaired) electrons. The van der Waals surface area contributed by atoms with E-state index >= 15 is 0 Å². The number of methoxy groups -OCH3 is 1. The lowest BCUT2D eigenvalue weighted by atomic mass is 10.1. The molecule has 1 heterocycles. The Hall–Kier alpha value is -2.73.